The Bertz CT molecular complexity index is 466. The molecule has 1 aromatic heterocycles. The second-order valence-electron chi connectivity index (χ2n) is 3.25. The molecule has 0 aliphatic heterocycles. The lowest BCUT2D eigenvalue weighted by Crippen LogP contribution is -2.09. The van der Waals surface area contributed by atoms with Crippen LogP contribution in [0.4, 0.5) is 5.13 Å². The third-order valence-electron chi connectivity index (χ3n) is 1.68. The van der Waals surface area contributed by atoms with Crippen molar-refractivity contribution >= 4 is 32.3 Å². The quantitative estimate of drug-likeness (QED) is 0.734. The zero-order valence-corrected chi connectivity index (χ0v) is 10.3. The van der Waals surface area contributed by atoms with Gasteiger partial charge in [-0.15, -0.1) is 0 Å². The number of anilines is 1. The molecule has 90 valence electrons. The second kappa shape index (κ2) is 5.26. The minimum atomic E-state index is -2.94. The van der Waals surface area contributed by atoms with Gasteiger partial charge >= 0.3 is 5.97 Å². The highest BCUT2D eigenvalue weighted by Gasteiger charge is 2.08. The van der Waals surface area contributed by atoms with Gasteiger partial charge in [-0.05, 0) is 6.42 Å². The Morgan fingerprint density at radius 3 is 2.81 bits per heavy atom. The normalized spacial score (nSPS) is 11.3. The van der Waals surface area contributed by atoms with E-state index >= 15 is 0 Å². The number of aromatic nitrogens is 1. The smallest absolute Gasteiger partial charge is 0.347 e. The zero-order chi connectivity index (χ0) is 12.2. The number of nitrogens with zero attached hydrogens (tertiary/aromatic N) is 1. The van der Waals surface area contributed by atoms with Gasteiger partial charge in [0.25, 0.3) is 0 Å². The molecular weight excluding hydrogens is 252 g/mol. The first kappa shape index (κ1) is 12.9. The number of sulfone groups is 1. The summed E-state index contributed by atoms with van der Waals surface area (Å²) in [6.07, 6.45) is 2.92. The number of aromatic carboxylic acids is 1. The van der Waals surface area contributed by atoms with Crippen LogP contribution in [0.1, 0.15) is 16.1 Å². The van der Waals surface area contributed by atoms with E-state index in [4.69, 9.17) is 5.11 Å². The Morgan fingerprint density at radius 2 is 2.31 bits per heavy atom. The van der Waals surface area contributed by atoms with Crippen LogP contribution in [0.25, 0.3) is 0 Å². The first-order chi connectivity index (χ1) is 7.38. The summed E-state index contributed by atoms with van der Waals surface area (Å²) < 4.78 is 21.6. The molecule has 1 rings (SSSR count). The molecule has 0 atom stereocenters. The van der Waals surface area contributed by atoms with E-state index < -0.39 is 15.8 Å². The van der Waals surface area contributed by atoms with Crippen molar-refractivity contribution in [3.63, 3.8) is 0 Å². The summed E-state index contributed by atoms with van der Waals surface area (Å²) in [6, 6.07) is 0. The summed E-state index contributed by atoms with van der Waals surface area (Å²) in [7, 11) is -2.94. The number of rotatable bonds is 6. The van der Waals surface area contributed by atoms with Crippen molar-refractivity contribution in [2.24, 2.45) is 0 Å². The van der Waals surface area contributed by atoms with Crippen molar-refractivity contribution in [2.75, 3.05) is 23.9 Å². The van der Waals surface area contributed by atoms with Gasteiger partial charge in [-0.25, -0.2) is 18.2 Å². The molecular formula is C8H12N2O4S2. The van der Waals surface area contributed by atoms with Gasteiger partial charge in [0.2, 0.25) is 0 Å². The SMILES string of the molecule is CS(=O)(=O)CCCNc1ncc(C(=O)O)s1. The molecule has 0 aliphatic rings. The molecule has 2 N–H and O–H groups in total. The molecule has 0 saturated carbocycles. The molecule has 0 radical (unpaired) electrons. The van der Waals surface area contributed by atoms with Crippen LogP contribution < -0.4 is 5.32 Å². The van der Waals surface area contributed by atoms with Crippen molar-refractivity contribution in [3.05, 3.63) is 11.1 Å². The third kappa shape index (κ3) is 4.58. The Morgan fingerprint density at radius 1 is 1.62 bits per heavy atom. The first-order valence-corrected chi connectivity index (χ1v) is 7.37. The predicted octanol–water partition coefficient (Wildman–Crippen LogP) is 0.688. The van der Waals surface area contributed by atoms with Gasteiger partial charge in [0.1, 0.15) is 14.7 Å². The fourth-order valence-corrected chi connectivity index (χ4v) is 2.33. The van der Waals surface area contributed by atoms with Gasteiger partial charge in [-0.1, -0.05) is 11.3 Å². The van der Waals surface area contributed by atoms with E-state index in [1.54, 1.807) is 0 Å². The van der Waals surface area contributed by atoms with Crippen LogP contribution in [-0.4, -0.2) is 43.0 Å². The number of hydrogen-bond acceptors (Lipinski definition) is 6. The van der Waals surface area contributed by atoms with E-state index in [0.29, 0.717) is 18.1 Å². The molecule has 0 spiro atoms. The highest BCUT2D eigenvalue weighted by molar-refractivity contribution is 7.90. The maximum atomic E-state index is 10.8. The van der Waals surface area contributed by atoms with Crippen molar-refractivity contribution < 1.29 is 18.3 Å². The number of carboxylic acid groups (broad SMARTS) is 1. The molecule has 8 heteroatoms. The molecule has 0 fully saturated rings. The standard InChI is InChI=1S/C8H12N2O4S2/c1-16(13,14)4-2-3-9-8-10-5-6(15-8)7(11)12/h5H,2-4H2,1H3,(H,9,10)(H,11,12). The van der Waals surface area contributed by atoms with Gasteiger partial charge < -0.3 is 10.4 Å². The zero-order valence-electron chi connectivity index (χ0n) is 8.63. The van der Waals surface area contributed by atoms with Crippen LogP contribution in [0, 0.1) is 0 Å². The van der Waals surface area contributed by atoms with E-state index in [0.717, 1.165) is 11.3 Å². The van der Waals surface area contributed by atoms with E-state index in [1.165, 1.54) is 12.5 Å². The highest BCUT2D eigenvalue weighted by Crippen LogP contribution is 2.17. The molecule has 0 aliphatic carbocycles. The summed E-state index contributed by atoms with van der Waals surface area (Å²) in [5.74, 6) is -0.904. The Balaban J connectivity index is 2.35. The molecule has 0 bridgehead atoms. The molecule has 0 unspecified atom stereocenters. The molecule has 6 nitrogen and oxygen atoms in total. The average molecular weight is 264 g/mol. The van der Waals surface area contributed by atoms with Crippen LogP contribution in [0.5, 0.6) is 0 Å². The van der Waals surface area contributed by atoms with Crippen LogP contribution in [0.3, 0.4) is 0 Å². The Kier molecular flexibility index (Phi) is 4.25. The monoisotopic (exact) mass is 264 g/mol. The Labute approximate surface area is 97.2 Å². The maximum absolute atomic E-state index is 10.8. The van der Waals surface area contributed by atoms with Gasteiger partial charge in [0, 0.05) is 12.8 Å². The minimum absolute atomic E-state index is 0.108. The summed E-state index contributed by atoms with van der Waals surface area (Å²) >= 11 is 1.03. The number of thiazole rings is 1. The molecule has 16 heavy (non-hydrogen) atoms. The topological polar surface area (TPSA) is 96.4 Å². The van der Waals surface area contributed by atoms with Crippen molar-refractivity contribution in [2.45, 2.75) is 6.42 Å². The van der Waals surface area contributed by atoms with E-state index in [9.17, 15) is 13.2 Å². The average Bonchev–Trinajstić information content (AvgIpc) is 2.59. The van der Waals surface area contributed by atoms with Crippen molar-refractivity contribution in [1.82, 2.24) is 4.98 Å². The Hall–Kier alpha value is -1.15. The second-order valence-corrected chi connectivity index (χ2v) is 6.54. The molecule has 1 aromatic rings. The summed E-state index contributed by atoms with van der Waals surface area (Å²) in [5.41, 5.74) is 0. The number of carboxylic acids is 1. The highest BCUT2D eigenvalue weighted by atomic mass is 32.2. The van der Waals surface area contributed by atoms with E-state index in [1.807, 2.05) is 0 Å². The third-order valence-corrected chi connectivity index (χ3v) is 3.66. The van der Waals surface area contributed by atoms with Crippen molar-refractivity contribution in [1.29, 1.82) is 0 Å². The lowest BCUT2D eigenvalue weighted by Gasteiger charge is -2.00. The largest absolute Gasteiger partial charge is 0.477 e. The number of carbonyl (C=O) groups is 1. The molecule has 1 heterocycles. The summed E-state index contributed by atoms with van der Waals surface area (Å²) in [4.78, 5) is 14.5. The van der Waals surface area contributed by atoms with Crippen LogP contribution in [0.2, 0.25) is 0 Å². The van der Waals surface area contributed by atoms with E-state index in [-0.39, 0.29) is 10.6 Å². The van der Waals surface area contributed by atoms with Gasteiger partial charge in [-0.3, -0.25) is 0 Å². The van der Waals surface area contributed by atoms with Crippen LogP contribution >= 0.6 is 11.3 Å². The van der Waals surface area contributed by atoms with E-state index in [2.05, 4.69) is 10.3 Å². The maximum Gasteiger partial charge on any atom is 0.347 e. The number of hydrogen-bond donors (Lipinski definition) is 2. The minimum Gasteiger partial charge on any atom is -0.477 e. The first-order valence-electron chi connectivity index (χ1n) is 4.49. The fraction of sp³-hybridized carbons (Fsp3) is 0.500. The van der Waals surface area contributed by atoms with Gasteiger partial charge in [0.05, 0.1) is 11.9 Å². The van der Waals surface area contributed by atoms with Gasteiger partial charge in [0.15, 0.2) is 5.13 Å². The van der Waals surface area contributed by atoms with Crippen molar-refractivity contribution in [3.8, 4) is 0 Å². The molecule has 0 aromatic carbocycles. The molecule has 0 saturated heterocycles. The van der Waals surface area contributed by atoms with Crippen LogP contribution in [-0.2, 0) is 9.84 Å². The van der Waals surface area contributed by atoms with Gasteiger partial charge in [-0.2, -0.15) is 0 Å². The van der Waals surface area contributed by atoms with Crippen LogP contribution in [0.15, 0.2) is 6.20 Å². The lowest BCUT2D eigenvalue weighted by molar-refractivity contribution is 0.0702. The summed E-state index contributed by atoms with van der Waals surface area (Å²) in [6.45, 7) is 0.458. The lowest BCUT2D eigenvalue weighted by atomic mass is 10.5. The fourth-order valence-electron chi connectivity index (χ4n) is 0.984. The summed E-state index contributed by atoms with van der Waals surface area (Å²) in [5, 5.41) is 12.0. The molecule has 0 amide bonds. The number of nitrogens with one attached hydrogen (secondary N) is 1. The predicted molar refractivity (Wildman–Crippen MR) is 61.9 cm³/mol.